The molecule has 1 aromatic rings. The lowest BCUT2D eigenvalue weighted by molar-refractivity contribution is 0.0527. The lowest BCUT2D eigenvalue weighted by Gasteiger charge is -2.20. The van der Waals surface area contributed by atoms with Gasteiger partial charge in [-0.05, 0) is 27.7 Å². The fourth-order valence-corrected chi connectivity index (χ4v) is 3.14. The molecule has 0 aliphatic heterocycles. The second-order valence-corrected chi connectivity index (χ2v) is 5.14. The smallest absolute Gasteiger partial charge is 0.350 e. The summed E-state index contributed by atoms with van der Waals surface area (Å²) in [7, 11) is 0. The van der Waals surface area contributed by atoms with Gasteiger partial charge in [-0.15, -0.1) is 11.3 Å². The van der Waals surface area contributed by atoms with Gasteiger partial charge in [-0.1, -0.05) is 0 Å². The molecule has 1 heterocycles. The molecule has 0 amide bonds. The molecule has 0 aliphatic rings. The number of hydrogen-bond acceptors (Lipinski definition) is 7. The molecule has 0 atom stereocenters. The number of esters is 2. The largest absolute Gasteiger partial charge is 0.462 e. The summed E-state index contributed by atoms with van der Waals surface area (Å²) < 4.78 is 10.0. The Hall–Kier alpha value is -1.76. The van der Waals surface area contributed by atoms with Crippen LogP contribution in [0.25, 0.3) is 0 Å². The van der Waals surface area contributed by atoms with Gasteiger partial charge in [0.25, 0.3) is 0 Å². The van der Waals surface area contributed by atoms with E-state index >= 15 is 0 Å². The number of carbonyl (C=O) groups is 2. The van der Waals surface area contributed by atoms with E-state index in [9.17, 15) is 9.59 Å². The molecule has 118 valence electrons. The van der Waals surface area contributed by atoms with Gasteiger partial charge >= 0.3 is 11.9 Å². The minimum Gasteiger partial charge on any atom is -0.462 e. The maximum absolute atomic E-state index is 12.1. The molecule has 0 saturated heterocycles. The average Bonchev–Trinajstić information content (AvgIpc) is 2.78. The fourth-order valence-electron chi connectivity index (χ4n) is 1.91. The summed E-state index contributed by atoms with van der Waals surface area (Å²) in [6.07, 6.45) is 0. The van der Waals surface area contributed by atoms with Crippen LogP contribution in [-0.2, 0) is 9.47 Å². The molecule has 0 unspecified atom stereocenters. The zero-order valence-corrected chi connectivity index (χ0v) is 13.7. The molecular weight excluding hydrogens is 292 g/mol. The van der Waals surface area contributed by atoms with Crippen LogP contribution in [0.1, 0.15) is 47.7 Å². The van der Waals surface area contributed by atoms with E-state index in [0.29, 0.717) is 18.1 Å². The highest BCUT2D eigenvalue weighted by Gasteiger charge is 2.29. The van der Waals surface area contributed by atoms with Crippen molar-refractivity contribution >= 4 is 34.0 Å². The van der Waals surface area contributed by atoms with Gasteiger partial charge in [0.1, 0.15) is 15.4 Å². The molecule has 0 aromatic carbocycles. The zero-order chi connectivity index (χ0) is 16.0. The number of carbonyl (C=O) groups excluding carboxylic acids is 2. The summed E-state index contributed by atoms with van der Waals surface area (Å²) in [4.78, 5) is 26.3. The summed E-state index contributed by atoms with van der Waals surface area (Å²) in [5, 5.41) is 0.652. The standard InChI is InChI=1S/C14H22N2O4S/c1-5-16(6-2)12-9(13(17)19-7-3)10(15)11(21-12)14(18)20-8-4/h5-8,15H2,1-4H3. The first-order valence-electron chi connectivity index (χ1n) is 7.03. The summed E-state index contributed by atoms with van der Waals surface area (Å²) in [5.41, 5.74) is 6.39. The monoisotopic (exact) mass is 314 g/mol. The number of ether oxygens (including phenoxy) is 2. The molecule has 0 bridgehead atoms. The normalized spacial score (nSPS) is 10.3. The molecule has 21 heavy (non-hydrogen) atoms. The zero-order valence-electron chi connectivity index (χ0n) is 12.9. The van der Waals surface area contributed by atoms with Gasteiger partial charge in [0.2, 0.25) is 0 Å². The third kappa shape index (κ3) is 3.66. The summed E-state index contributed by atoms with van der Waals surface area (Å²) in [5.74, 6) is -1.02. The highest BCUT2D eigenvalue weighted by Crippen LogP contribution is 2.39. The van der Waals surface area contributed by atoms with Crippen LogP contribution < -0.4 is 10.6 Å². The van der Waals surface area contributed by atoms with E-state index < -0.39 is 11.9 Å². The topological polar surface area (TPSA) is 81.9 Å². The summed E-state index contributed by atoms with van der Waals surface area (Å²) >= 11 is 1.17. The van der Waals surface area contributed by atoms with Gasteiger partial charge in [0.15, 0.2) is 0 Å². The van der Waals surface area contributed by atoms with Crippen LogP contribution >= 0.6 is 11.3 Å². The van der Waals surface area contributed by atoms with Gasteiger partial charge in [-0.25, -0.2) is 9.59 Å². The SMILES string of the molecule is CCOC(=O)c1sc(N(CC)CC)c(C(=O)OCC)c1N. The fraction of sp³-hybridized carbons (Fsp3) is 0.571. The Morgan fingerprint density at radius 2 is 1.57 bits per heavy atom. The van der Waals surface area contributed by atoms with Crippen molar-refractivity contribution in [2.24, 2.45) is 0 Å². The molecule has 0 spiro atoms. The second-order valence-electron chi connectivity index (χ2n) is 4.14. The Morgan fingerprint density at radius 1 is 1.05 bits per heavy atom. The third-order valence-electron chi connectivity index (χ3n) is 2.92. The van der Waals surface area contributed by atoms with Crippen LogP contribution in [-0.4, -0.2) is 38.2 Å². The highest BCUT2D eigenvalue weighted by atomic mass is 32.1. The molecular formula is C14H22N2O4S. The average molecular weight is 314 g/mol. The van der Waals surface area contributed by atoms with E-state index in [-0.39, 0.29) is 29.3 Å². The maximum Gasteiger partial charge on any atom is 0.350 e. The Balaban J connectivity index is 3.36. The van der Waals surface area contributed by atoms with E-state index in [0.717, 1.165) is 0 Å². The van der Waals surface area contributed by atoms with E-state index in [2.05, 4.69) is 0 Å². The lowest BCUT2D eigenvalue weighted by atomic mass is 10.2. The number of hydrogen-bond donors (Lipinski definition) is 1. The Bertz CT molecular complexity index is 509. The first-order chi connectivity index (χ1) is 10.0. The third-order valence-corrected chi connectivity index (χ3v) is 4.16. The Morgan fingerprint density at radius 3 is 2.05 bits per heavy atom. The lowest BCUT2D eigenvalue weighted by Crippen LogP contribution is -2.23. The summed E-state index contributed by atoms with van der Waals surface area (Å²) in [6.45, 7) is 9.29. The molecule has 0 radical (unpaired) electrons. The quantitative estimate of drug-likeness (QED) is 0.779. The molecule has 1 rings (SSSR count). The molecule has 1 aromatic heterocycles. The summed E-state index contributed by atoms with van der Waals surface area (Å²) in [6, 6.07) is 0. The van der Waals surface area contributed by atoms with Crippen LogP contribution in [0.4, 0.5) is 10.7 Å². The predicted molar refractivity (Wildman–Crippen MR) is 84.2 cm³/mol. The van der Waals surface area contributed by atoms with Crippen LogP contribution in [0, 0.1) is 0 Å². The van der Waals surface area contributed by atoms with Crippen molar-refractivity contribution in [2.75, 3.05) is 36.9 Å². The van der Waals surface area contributed by atoms with Crippen molar-refractivity contribution in [3.05, 3.63) is 10.4 Å². The van der Waals surface area contributed by atoms with Crippen LogP contribution in [0.15, 0.2) is 0 Å². The van der Waals surface area contributed by atoms with Crippen LogP contribution in [0.3, 0.4) is 0 Å². The number of thiophene rings is 1. The van der Waals surface area contributed by atoms with Crippen molar-refractivity contribution in [3.63, 3.8) is 0 Å². The van der Waals surface area contributed by atoms with Crippen molar-refractivity contribution in [1.29, 1.82) is 0 Å². The predicted octanol–water partition coefficient (Wildman–Crippen LogP) is 2.53. The molecule has 0 aliphatic carbocycles. The molecule has 6 nitrogen and oxygen atoms in total. The number of rotatable bonds is 7. The minimum absolute atomic E-state index is 0.138. The van der Waals surface area contributed by atoms with Gasteiger partial charge in [-0.2, -0.15) is 0 Å². The highest BCUT2D eigenvalue weighted by molar-refractivity contribution is 7.19. The van der Waals surface area contributed by atoms with E-state index in [1.807, 2.05) is 18.7 Å². The van der Waals surface area contributed by atoms with Crippen LogP contribution in [0.2, 0.25) is 0 Å². The second kappa shape index (κ2) is 7.87. The van der Waals surface area contributed by atoms with Gasteiger partial charge in [-0.3, -0.25) is 0 Å². The molecule has 7 heteroatoms. The molecule has 0 saturated carbocycles. The Kier molecular flexibility index (Phi) is 6.48. The van der Waals surface area contributed by atoms with Crippen LogP contribution in [0.5, 0.6) is 0 Å². The number of anilines is 2. The molecule has 0 fully saturated rings. The van der Waals surface area contributed by atoms with Crippen molar-refractivity contribution < 1.29 is 19.1 Å². The van der Waals surface area contributed by atoms with Crippen molar-refractivity contribution in [2.45, 2.75) is 27.7 Å². The minimum atomic E-state index is -0.510. The first-order valence-corrected chi connectivity index (χ1v) is 7.84. The first kappa shape index (κ1) is 17.3. The Labute approximate surface area is 128 Å². The number of nitrogen functional groups attached to an aromatic ring is 1. The van der Waals surface area contributed by atoms with Gasteiger partial charge in [0, 0.05) is 13.1 Å². The van der Waals surface area contributed by atoms with Gasteiger partial charge in [0.05, 0.1) is 18.9 Å². The van der Waals surface area contributed by atoms with E-state index in [4.69, 9.17) is 15.2 Å². The van der Waals surface area contributed by atoms with E-state index in [1.165, 1.54) is 11.3 Å². The van der Waals surface area contributed by atoms with Gasteiger partial charge < -0.3 is 20.1 Å². The number of nitrogens with two attached hydrogens (primary N) is 1. The van der Waals surface area contributed by atoms with E-state index in [1.54, 1.807) is 13.8 Å². The maximum atomic E-state index is 12.1. The van der Waals surface area contributed by atoms with Crippen molar-refractivity contribution in [1.82, 2.24) is 0 Å². The van der Waals surface area contributed by atoms with Crippen molar-refractivity contribution in [3.8, 4) is 0 Å². The molecule has 2 N–H and O–H groups in total. The number of nitrogens with zero attached hydrogens (tertiary/aromatic N) is 1.